The van der Waals surface area contributed by atoms with E-state index in [0.29, 0.717) is 25.7 Å². The van der Waals surface area contributed by atoms with Gasteiger partial charge in [-0.1, -0.05) is 0 Å². The number of hydrogen-bond donors (Lipinski definition) is 0. The summed E-state index contributed by atoms with van der Waals surface area (Å²) < 4.78 is 0. The van der Waals surface area contributed by atoms with Crippen LogP contribution in [0.3, 0.4) is 0 Å². The Morgan fingerprint density at radius 1 is 1.62 bits per heavy atom. The zero-order chi connectivity index (χ0) is 9.90. The quantitative estimate of drug-likeness (QED) is 0.486. The van der Waals surface area contributed by atoms with Crippen LogP contribution >= 0.6 is 0 Å². The molecule has 0 heterocycles. The summed E-state index contributed by atoms with van der Waals surface area (Å²) in [5.41, 5.74) is -0.805. The van der Waals surface area contributed by atoms with Gasteiger partial charge < -0.3 is 4.79 Å². The SMILES string of the molecule is CC(=O)C1(CCC=O)CCCC1=O. The second-order valence-electron chi connectivity index (χ2n) is 3.62. The molecular formula is C10H14O3. The molecule has 0 bridgehead atoms. The lowest BCUT2D eigenvalue weighted by Gasteiger charge is -2.22. The fraction of sp³-hybridized carbons (Fsp3) is 0.700. The molecule has 0 aromatic heterocycles. The van der Waals surface area contributed by atoms with Crippen LogP contribution in [0.4, 0.5) is 0 Å². The van der Waals surface area contributed by atoms with Crippen LogP contribution < -0.4 is 0 Å². The van der Waals surface area contributed by atoms with Crippen LogP contribution in [0.25, 0.3) is 0 Å². The van der Waals surface area contributed by atoms with Gasteiger partial charge in [0.1, 0.15) is 17.9 Å². The van der Waals surface area contributed by atoms with E-state index in [4.69, 9.17) is 0 Å². The van der Waals surface area contributed by atoms with Gasteiger partial charge in [-0.3, -0.25) is 9.59 Å². The first kappa shape index (κ1) is 10.1. The third kappa shape index (κ3) is 1.69. The van der Waals surface area contributed by atoms with Crippen molar-refractivity contribution in [3.8, 4) is 0 Å². The fourth-order valence-corrected chi connectivity index (χ4v) is 2.05. The molecule has 1 aliphatic carbocycles. The van der Waals surface area contributed by atoms with Gasteiger partial charge in [0.25, 0.3) is 0 Å². The van der Waals surface area contributed by atoms with Gasteiger partial charge in [0.05, 0.1) is 5.41 Å². The van der Waals surface area contributed by atoms with Gasteiger partial charge in [0.2, 0.25) is 0 Å². The van der Waals surface area contributed by atoms with E-state index in [0.717, 1.165) is 12.7 Å². The number of hydrogen-bond acceptors (Lipinski definition) is 3. The summed E-state index contributed by atoms with van der Waals surface area (Å²) in [5.74, 6) is -0.0429. The molecule has 0 aromatic rings. The van der Waals surface area contributed by atoms with E-state index in [2.05, 4.69) is 0 Å². The monoisotopic (exact) mass is 182 g/mol. The normalized spacial score (nSPS) is 27.6. The summed E-state index contributed by atoms with van der Waals surface area (Å²) in [6.07, 6.45) is 3.41. The number of Topliss-reactive ketones (excluding diaryl/α,β-unsaturated/α-hetero) is 2. The van der Waals surface area contributed by atoms with E-state index >= 15 is 0 Å². The highest BCUT2D eigenvalue weighted by Crippen LogP contribution is 2.39. The zero-order valence-corrected chi connectivity index (χ0v) is 7.84. The van der Waals surface area contributed by atoms with Crippen molar-refractivity contribution in [1.29, 1.82) is 0 Å². The van der Waals surface area contributed by atoms with Gasteiger partial charge in [-0.2, -0.15) is 0 Å². The van der Waals surface area contributed by atoms with Crippen molar-refractivity contribution >= 4 is 17.9 Å². The van der Waals surface area contributed by atoms with Gasteiger partial charge in [0, 0.05) is 12.8 Å². The first-order valence-electron chi connectivity index (χ1n) is 4.61. The van der Waals surface area contributed by atoms with E-state index < -0.39 is 5.41 Å². The van der Waals surface area contributed by atoms with Crippen molar-refractivity contribution < 1.29 is 14.4 Å². The summed E-state index contributed by atoms with van der Waals surface area (Å²) in [4.78, 5) is 33.1. The van der Waals surface area contributed by atoms with Crippen molar-refractivity contribution in [2.75, 3.05) is 0 Å². The van der Waals surface area contributed by atoms with Crippen LogP contribution in [0.2, 0.25) is 0 Å². The van der Waals surface area contributed by atoms with E-state index in [9.17, 15) is 14.4 Å². The Balaban J connectivity index is 2.80. The average molecular weight is 182 g/mol. The smallest absolute Gasteiger partial charge is 0.146 e. The molecule has 1 fully saturated rings. The molecule has 0 N–H and O–H groups in total. The van der Waals surface area contributed by atoms with Crippen molar-refractivity contribution in [3.05, 3.63) is 0 Å². The molecule has 0 amide bonds. The van der Waals surface area contributed by atoms with Gasteiger partial charge in [0.15, 0.2) is 0 Å². The predicted molar refractivity (Wildman–Crippen MR) is 47.3 cm³/mol. The molecule has 0 aromatic carbocycles. The first-order chi connectivity index (χ1) is 6.13. The third-order valence-corrected chi connectivity index (χ3v) is 2.90. The molecule has 0 aliphatic heterocycles. The number of rotatable bonds is 4. The van der Waals surface area contributed by atoms with Crippen LogP contribution in [0, 0.1) is 5.41 Å². The molecule has 1 unspecified atom stereocenters. The lowest BCUT2D eigenvalue weighted by atomic mass is 9.77. The van der Waals surface area contributed by atoms with Crippen molar-refractivity contribution in [1.82, 2.24) is 0 Å². The Kier molecular flexibility index (Phi) is 2.96. The molecule has 0 saturated heterocycles. The molecule has 3 nitrogen and oxygen atoms in total. The van der Waals surface area contributed by atoms with E-state index in [-0.39, 0.29) is 11.6 Å². The number of carbonyl (C=O) groups excluding carboxylic acids is 3. The Bertz CT molecular complexity index is 245. The summed E-state index contributed by atoms with van der Waals surface area (Å²) in [7, 11) is 0. The lowest BCUT2D eigenvalue weighted by molar-refractivity contribution is -0.137. The minimum absolute atomic E-state index is 0.0295. The van der Waals surface area contributed by atoms with Crippen LogP contribution in [0.5, 0.6) is 0 Å². The minimum Gasteiger partial charge on any atom is -0.303 e. The molecule has 0 radical (unpaired) electrons. The topological polar surface area (TPSA) is 51.2 Å². The van der Waals surface area contributed by atoms with Crippen molar-refractivity contribution in [2.24, 2.45) is 5.41 Å². The fourth-order valence-electron chi connectivity index (χ4n) is 2.05. The molecule has 3 heteroatoms. The molecule has 1 atom stereocenters. The van der Waals surface area contributed by atoms with E-state index in [1.807, 2.05) is 0 Å². The van der Waals surface area contributed by atoms with Crippen LogP contribution in [-0.4, -0.2) is 17.9 Å². The summed E-state index contributed by atoms with van der Waals surface area (Å²) in [5, 5.41) is 0. The minimum atomic E-state index is -0.805. The Hall–Kier alpha value is -0.990. The first-order valence-corrected chi connectivity index (χ1v) is 4.61. The van der Waals surface area contributed by atoms with Crippen molar-refractivity contribution in [3.63, 3.8) is 0 Å². The highest BCUT2D eigenvalue weighted by molar-refractivity contribution is 6.07. The molecule has 1 aliphatic rings. The maximum atomic E-state index is 11.5. The summed E-state index contributed by atoms with van der Waals surface area (Å²) >= 11 is 0. The maximum Gasteiger partial charge on any atom is 0.146 e. The Morgan fingerprint density at radius 2 is 2.31 bits per heavy atom. The molecule has 13 heavy (non-hydrogen) atoms. The molecular weight excluding hydrogens is 168 g/mol. The molecule has 0 spiro atoms. The Morgan fingerprint density at radius 3 is 2.69 bits per heavy atom. The lowest BCUT2D eigenvalue weighted by Crippen LogP contribution is -2.33. The molecule has 1 saturated carbocycles. The van der Waals surface area contributed by atoms with Gasteiger partial charge in [-0.05, 0) is 26.2 Å². The van der Waals surface area contributed by atoms with Gasteiger partial charge >= 0.3 is 0 Å². The average Bonchev–Trinajstić information content (AvgIpc) is 2.45. The highest BCUT2D eigenvalue weighted by Gasteiger charge is 2.45. The van der Waals surface area contributed by atoms with Gasteiger partial charge in [-0.15, -0.1) is 0 Å². The maximum absolute atomic E-state index is 11.5. The van der Waals surface area contributed by atoms with E-state index in [1.54, 1.807) is 0 Å². The molecule has 72 valence electrons. The number of carbonyl (C=O) groups is 3. The van der Waals surface area contributed by atoms with Crippen LogP contribution in [0.15, 0.2) is 0 Å². The van der Waals surface area contributed by atoms with Crippen molar-refractivity contribution in [2.45, 2.75) is 39.0 Å². The van der Waals surface area contributed by atoms with Crippen LogP contribution in [-0.2, 0) is 14.4 Å². The van der Waals surface area contributed by atoms with E-state index in [1.165, 1.54) is 6.92 Å². The summed E-state index contributed by atoms with van der Waals surface area (Å²) in [6, 6.07) is 0. The number of ketones is 2. The predicted octanol–water partition coefficient (Wildman–Crippen LogP) is 1.29. The van der Waals surface area contributed by atoms with Crippen LogP contribution in [0.1, 0.15) is 39.0 Å². The largest absolute Gasteiger partial charge is 0.303 e. The highest BCUT2D eigenvalue weighted by atomic mass is 16.2. The zero-order valence-electron chi connectivity index (χ0n) is 7.84. The second-order valence-corrected chi connectivity index (χ2v) is 3.62. The molecule has 1 rings (SSSR count). The summed E-state index contributed by atoms with van der Waals surface area (Å²) in [6.45, 7) is 1.45. The Labute approximate surface area is 77.5 Å². The number of aldehydes is 1. The second kappa shape index (κ2) is 3.81. The third-order valence-electron chi connectivity index (χ3n) is 2.90. The van der Waals surface area contributed by atoms with Gasteiger partial charge in [-0.25, -0.2) is 0 Å². The standard InChI is InChI=1S/C10H14O3/c1-8(12)10(6-3-7-11)5-2-4-9(10)13/h7H,2-6H2,1H3.